The topological polar surface area (TPSA) is 68.1 Å². The summed E-state index contributed by atoms with van der Waals surface area (Å²) in [6, 6.07) is 11.6. The van der Waals surface area contributed by atoms with Crippen LogP contribution in [0.5, 0.6) is 0 Å². The van der Waals surface area contributed by atoms with E-state index in [9.17, 15) is 8.42 Å². The van der Waals surface area contributed by atoms with Crippen LogP contribution >= 0.6 is 23.2 Å². The van der Waals surface area contributed by atoms with Crippen molar-refractivity contribution in [3.05, 3.63) is 70.7 Å². The van der Waals surface area contributed by atoms with E-state index in [0.717, 1.165) is 11.3 Å². The van der Waals surface area contributed by atoms with Crippen molar-refractivity contribution in [1.29, 1.82) is 0 Å². The van der Waals surface area contributed by atoms with Crippen molar-refractivity contribution < 1.29 is 8.42 Å². The van der Waals surface area contributed by atoms with E-state index in [4.69, 9.17) is 23.2 Å². The molecule has 0 aliphatic heterocycles. The summed E-state index contributed by atoms with van der Waals surface area (Å²) in [5.41, 5.74) is 1.67. The van der Waals surface area contributed by atoms with E-state index in [-0.39, 0.29) is 14.9 Å². The van der Waals surface area contributed by atoms with E-state index in [1.807, 2.05) is 24.3 Å². The molecule has 0 saturated carbocycles. The van der Waals surface area contributed by atoms with Crippen LogP contribution < -0.4 is 0 Å². The van der Waals surface area contributed by atoms with Crippen LogP contribution in [-0.2, 0) is 10.0 Å². The standard InChI is InChI=1S/C17H16Cl2N4O2S/c1-12(13-6-8-14(9-7-13)23-11-20-10-21-23)22(2)26(24,25)16-5-3-4-15(18)17(16)19/h3-12H,1-2H3/t12-/m1/s1. The van der Waals surface area contributed by atoms with Gasteiger partial charge in [-0.1, -0.05) is 41.4 Å². The van der Waals surface area contributed by atoms with Gasteiger partial charge in [0.15, 0.2) is 0 Å². The Labute approximate surface area is 162 Å². The van der Waals surface area contributed by atoms with E-state index in [0.29, 0.717) is 0 Å². The minimum atomic E-state index is -3.80. The minimum Gasteiger partial charge on any atom is -0.223 e. The molecule has 0 bridgehead atoms. The lowest BCUT2D eigenvalue weighted by molar-refractivity contribution is 0.398. The first-order valence-corrected chi connectivity index (χ1v) is 9.89. The van der Waals surface area contributed by atoms with Crippen molar-refractivity contribution >= 4 is 33.2 Å². The maximum Gasteiger partial charge on any atom is 0.244 e. The molecule has 0 amide bonds. The average Bonchev–Trinajstić information content (AvgIpc) is 3.17. The Bertz CT molecular complexity index is 1010. The van der Waals surface area contributed by atoms with Crippen molar-refractivity contribution in [3.63, 3.8) is 0 Å². The van der Waals surface area contributed by atoms with Crippen LogP contribution in [-0.4, -0.2) is 34.5 Å². The average molecular weight is 411 g/mol. The molecule has 1 heterocycles. The second-order valence-electron chi connectivity index (χ2n) is 5.68. The lowest BCUT2D eigenvalue weighted by atomic mass is 10.1. The van der Waals surface area contributed by atoms with Crippen molar-refractivity contribution in [2.75, 3.05) is 7.05 Å². The van der Waals surface area contributed by atoms with Crippen LogP contribution in [0, 0.1) is 0 Å². The summed E-state index contributed by atoms with van der Waals surface area (Å²) in [5.74, 6) is 0. The fourth-order valence-electron chi connectivity index (χ4n) is 2.50. The lowest BCUT2D eigenvalue weighted by Crippen LogP contribution is -2.30. The fraction of sp³-hybridized carbons (Fsp3) is 0.176. The maximum atomic E-state index is 12.9. The van der Waals surface area contributed by atoms with E-state index in [1.165, 1.54) is 23.7 Å². The maximum absolute atomic E-state index is 12.9. The molecule has 26 heavy (non-hydrogen) atoms. The first-order valence-electron chi connectivity index (χ1n) is 7.69. The number of benzene rings is 2. The summed E-state index contributed by atoms with van der Waals surface area (Å²) >= 11 is 12.1. The van der Waals surface area contributed by atoms with Gasteiger partial charge in [0, 0.05) is 13.1 Å². The fourth-order valence-corrected chi connectivity index (χ4v) is 4.59. The Morgan fingerprint density at radius 1 is 1.12 bits per heavy atom. The van der Waals surface area contributed by atoms with Gasteiger partial charge in [-0.25, -0.2) is 18.1 Å². The lowest BCUT2D eigenvalue weighted by Gasteiger charge is -2.25. The van der Waals surface area contributed by atoms with Gasteiger partial charge in [-0.2, -0.15) is 9.40 Å². The van der Waals surface area contributed by atoms with Gasteiger partial charge in [0.2, 0.25) is 10.0 Å². The molecule has 0 unspecified atom stereocenters. The highest BCUT2D eigenvalue weighted by Gasteiger charge is 2.29. The summed E-state index contributed by atoms with van der Waals surface area (Å²) in [6.07, 6.45) is 3.04. The van der Waals surface area contributed by atoms with E-state index >= 15 is 0 Å². The minimum absolute atomic E-state index is 0.0137. The molecule has 0 saturated heterocycles. The zero-order valence-electron chi connectivity index (χ0n) is 14.0. The molecule has 3 aromatic rings. The Balaban J connectivity index is 1.89. The number of aromatic nitrogens is 3. The Morgan fingerprint density at radius 2 is 1.81 bits per heavy atom. The molecule has 0 aliphatic rings. The molecule has 0 spiro atoms. The summed E-state index contributed by atoms with van der Waals surface area (Å²) in [7, 11) is -2.29. The first kappa shape index (κ1) is 18.8. The normalized spacial score (nSPS) is 13.1. The predicted octanol–water partition coefficient (Wildman–Crippen LogP) is 3.96. The largest absolute Gasteiger partial charge is 0.244 e. The molecule has 0 radical (unpaired) electrons. The van der Waals surface area contributed by atoms with Crippen LogP contribution in [0.15, 0.2) is 60.0 Å². The van der Waals surface area contributed by atoms with Gasteiger partial charge in [-0.3, -0.25) is 0 Å². The van der Waals surface area contributed by atoms with Gasteiger partial charge >= 0.3 is 0 Å². The van der Waals surface area contributed by atoms with Crippen LogP contribution in [0.4, 0.5) is 0 Å². The van der Waals surface area contributed by atoms with E-state index < -0.39 is 16.1 Å². The Kier molecular flexibility index (Phi) is 5.34. The molecule has 0 fully saturated rings. The van der Waals surface area contributed by atoms with Crippen molar-refractivity contribution in [3.8, 4) is 5.69 Å². The van der Waals surface area contributed by atoms with Gasteiger partial charge in [0.25, 0.3) is 0 Å². The highest BCUT2D eigenvalue weighted by atomic mass is 35.5. The number of halogens is 2. The number of nitrogens with zero attached hydrogens (tertiary/aromatic N) is 4. The highest BCUT2D eigenvalue weighted by molar-refractivity contribution is 7.89. The molecule has 1 atom stereocenters. The third kappa shape index (κ3) is 3.48. The van der Waals surface area contributed by atoms with Gasteiger partial charge in [-0.05, 0) is 36.8 Å². The zero-order chi connectivity index (χ0) is 18.9. The molecule has 3 rings (SSSR count). The van der Waals surface area contributed by atoms with Crippen LogP contribution in [0.25, 0.3) is 5.69 Å². The van der Waals surface area contributed by atoms with Crippen molar-refractivity contribution in [2.24, 2.45) is 0 Å². The van der Waals surface area contributed by atoms with E-state index in [1.54, 1.807) is 30.1 Å². The second kappa shape index (κ2) is 7.36. The van der Waals surface area contributed by atoms with Crippen molar-refractivity contribution in [2.45, 2.75) is 17.9 Å². The predicted molar refractivity (Wildman–Crippen MR) is 101 cm³/mol. The zero-order valence-corrected chi connectivity index (χ0v) is 16.4. The smallest absolute Gasteiger partial charge is 0.223 e. The van der Waals surface area contributed by atoms with Crippen LogP contribution in [0.2, 0.25) is 10.0 Å². The number of hydrogen-bond acceptors (Lipinski definition) is 4. The van der Waals surface area contributed by atoms with E-state index in [2.05, 4.69) is 10.1 Å². The SMILES string of the molecule is C[C@H](c1ccc(-n2cncn2)cc1)N(C)S(=O)(=O)c1cccc(Cl)c1Cl. The third-order valence-corrected chi connectivity index (χ3v) is 7.08. The quantitative estimate of drug-likeness (QED) is 0.638. The summed E-state index contributed by atoms with van der Waals surface area (Å²) < 4.78 is 28.8. The first-order chi connectivity index (χ1) is 12.3. The molecule has 1 aromatic heterocycles. The second-order valence-corrected chi connectivity index (χ2v) is 8.43. The van der Waals surface area contributed by atoms with Gasteiger partial charge < -0.3 is 0 Å². The molecule has 2 aromatic carbocycles. The summed E-state index contributed by atoms with van der Waals surface area (Å²) in [4.78, 5) is 3.89. The highest BCUT2D eigenvalue weighted by Crippen LogP contribution is 2.33. The Hall–Kier alpha value is -1.93. The van der Waals surface area contributed by atoms with Gasteiger partial charge in [0.05, 0.1) is 15.7 Å². The van der Waals surface area contributed by atoms with Crippen LogP contribution in [0.1, 0.15) is 18.5 Å². The number of hydrogen-bond donors (Lipinski definition) is 0. The molecular weight excluding hydrogens is 395 g/mol. The summed E-state index contributed by atoms with van der Waals surface area (Å²) in [6.45, 7) is 1.81. The molecule has 9 heteroatoms. The molecular formula is C17H16Cl2N4O2S. The van der Waals surface area contributed by atoms with Crippen molar-refractivity contribution in [1.82, 2.24) is 19.1 Å². The van der Waals surface area contributed by atoms with Gasteiger partial charge in [0.1, 0.15) is 17.6 Å². The van der Waals surface area contributed by atoms with Crippen LogP contribution in [0.3, 0.4) is 0 Å². The summed E-state index contributed by atoms with van der Waals surface area (Å²) in [5, 5.41) is 4.29. The number of rotatable bonds is 5. The monoisotopic (exact) mass is 410 g/mol. The third-order valence-electron chi connectivity index (χ3n) is 4.18. The molecule has 0 N–H and O–H groups in total. The molecule has 6 nitrogen and oxygen atoms in total. The molecule has 0 aliphatic carbocycles. The Morgan fingerprint density at radius 3 is 2.42 bits per heavy atom. The number of sulfonamides is 1. The molecule has 136 valence electrons. The van der Waals surface area contributed by atoms with Gasteiger partial charge in [-0.15, -0.1) is 0 Å².